The van der Waals surface area contributed by atoms with Gasteiger partial charge < -0.3 is 9.47 Å². The highest BCUT2D eigenvalue weighted by Crippen LogP contribution is 2.21. The van der Waals surface area contributed by atoms with Crippen LogP contribution in [0, 0.1) is 0 Å². The monoisotopic (exact) mass is 322 g/mol. The molecule has 0 aliphatic rings. The fraction of sp³-hybridized carbons (Fsp3) is 0.316. The predicted molar refractivity (Wildman–Crippen MR) is 94.6 cm³/mol. The summed E-state index contributed by atoms with van der Waals surface area (Å²) >= 11 is 0. The van der Waals surface area contributed by atoms with Gasteiger partial charge >= 0.3 is 0 Å². The molecule has 0 aliphatic carbocycles. The van der Waals surface area contributed by atoms with E-state index in [9.17, 15) is 4.79 Å². The van der Waals surface area contributed by atoms with Crippen LogP contribution in [0.25, 0.3) is 10.9 Å². The van der Waals surface area contributed by atoms with Gasteiger partial charge in [0.05, 0.1) is 12.1 Å². The molecule has 0 saturated heterocycles. The fourth-order valence-electron chi connectivity index (χ4n) is 2.63. The van der Waals surface area contributed by atoms with Gasteiger partial charge in [-0.1, -0.05) is 24.3 Å². The molecule has 2 heterocycles. The first kappa shape index (κ1) is 16.2. The van der Waals surface area contributed by atoms with Crippen LogP contribution in [0.15, 0.2) is 48.8 Å². The summed E-state index contributed by atoms with van der Waals surface area (Å²) in [5.74, 6) is 0.760. The van der Waals surface area contributed by atoms with Crippen LogP contribution in [0.1, 0.15) is 37.1 Å². The van der Waals surface area contributed by atoms with Crippen LogP contribution in [0.5, 0.6) is 0 Å². The van der Waals surface area contributed by atoms with E-state index in [2.05, 4.69) is 9.97 Å². The first-order valence-corrected chi connectivity index (χ1v) is 8.00. The Morgan fingerprint density at radius 2 is 1.92 bits per heavy atom. The summed E-state index contributed by atoms with van der Waals surface area (Å²) in [6.45, 7) is 6.51. The summed E-state index contributed by atoms with van der Waals surface area (Å²) in [6.07, 6.45) is 3.63. The highest BCUT2D eigenvalue weighted by Gasteiger charge is 2.29. The Kier molecular flexibility index (Phi) is 4.09. The largest absolute Gasteiger partial charge is 0.337 e. The molecule has 0 atom stereocenters. The molecule has 0 aliphatic heterocycles. The SMILES string of the molecule is Cn1ccnc1CN(C(=O)c1ccc2ccccc2n1)C(C)(C)C. The van der Waals surface area contributed by atoms with Crippen molar-refractivity contribution in [3.63, 3.8) is 0 Å². The van der Waals surface area contributed by atoms with E-state index in [1.807, 2.05) is 73.8 Å². The van der Waals surface area contributed by atoms with Crippen molar-refractivity contribution in [1.82, 2.24) is 19.4 Å². The number of nitrogens with zero attached hydrogens (tertiary/aromatic N) is 4. The van der Waals surface area contributed by atoms with E-state index >= 15 is 0 Å². The highest BCUT2D eigenvalue weighted by atomic mass is 16.2. The van der Waals surface area contributed by atoms with E-state index in [1.54, 1.807) is 12.3 Å². The summed E-state index contributed by atoms with van der Waals surface area (Å²) in [7, 11) is 1.93. The number of rotatable bonds is 3. The molecule has 0 fully saturated rings. The molecule has 0 N–H and O–H groups in total. The smallest absolute Gasteiger partial charge is 0.273 e. The van der Waals surface area contributed by atoms with Crippen molar-refractivity contribution in [3.8, 4) is 0 Å². The number of carbonyl (C=O) groups excluding carboxylic acids is 1. The Balaban J connectivity index is 1.96. The average Bonchev–Trinajstić information content (AvgIpc) is 2.95. The molecule has 0 radical (unpaired) electrons. The van der Waals surface area contributed by atoms with Crippen molar-refractivity contribution in [2.24, 2.45) is 7.05 Å². The number of carbonyl (C=O) groups is 1. The number of aryl methyl sites for hydroxylation is 1. The zero-order valence-electron chi connectivity index (χ0n) is 14.5. The van der Waals surface area contributed by atoms with Crippen molar-refractivity contribution in [3.05, 3.63) is 60.3 Å². The number of hydrogen-bond donors (Lipinski definition) is 0. The predicted octanol–water partition coefficient (Wildman–Crippen LogP) is 3.41. The summed E-state index contributed by atoms with van der Waals surface area (Å²) in [6, 6.07) is 11.5. The maximum absolute atomic E-state index is 13.1. The number of hydrogen-bond acceptors (Lipinski definition) is 3. The van der Waals surface area contributed by atoms with E-state index in [0.29, 0.717) is 12.2 Å². The van der Waals surface area contributed by atoms with Gasteiger partial charge in [-0.25, -0.2) is 9.97 Å². The van der Waals surface area contributed by atoms with Gasteiger partial charge in [0.25, 0.3) is 5.91 Å². The lowest BCUT2D eigenvalue weighted by Gasteiger charge is -2.35. The molecule has 1 aromatic carbocycles. The van der Waals surface area contributed by atoms with E-state index in [4.69, 9.17) is 0 Å². The molecule has 5 nitrogen and oxygen atoms in total. The highest BCUT2D eigenvalue weighted by molar-refractivity contribution is 5.95. The Labute approximate surface area is 142 Å². The van der Waals surface area contributed by atoms with Crippen LogP contribution in [0.4, 0.5) is 0 Å². The number of imidazole rings is 1. The number of benzene rings is 1. The third-order valence-corrected chi connectivity index (χ3v) is 4.09. The van der Waals surface area contributed by atoms with Gasteiger partial charge in [0.15, 0.2) is 0 Å². The molecule has 1 amide bonds. The van der Waals surface area contributed by atoms with Crippen LogP contribution in [0.2, 0.25) is 0 Å². The topological polar surface area (TPSA) is 51.0 Å². The van der Waals surface area contributed by atoms with E-state index in [1.165, 1.54) is 0 Å². The number of para-hydroxylation sites is 1. The van der Waals surface area contributed by atoms with Gasteiger partial charge in [-0.05, 0) is 32.9 Å². The Morgan fingerprint density at radius 1 is 1.17 bits per heavy atom. The molecule has 3 rings (SSSR count). The van der Waals surface area contributed by atoms with Gasteiger partial charge in [0, 0.05) is 30.4 Å². The Morgan fingerprint density at radius 3 is 2.58 bits per heavy atom. The maximum Gasteiger partial charge on any atom is 0.273 e. The summed E-state index contributed by atoms with van der Waals surface area (Å²) in [4.78, 5) is 23.8. The van der Waals surface area contributed by atoms with Crippen LogP contribution >= 0.6 is 0 Å². The van der Waals surface area contributed by atoms with Gasteiger partial charge in [0.1, 0.15) is 11.5 Å². The number of aromatic nitrogens is 3. The zero-order valence-corrected chi connectivity index (χ0v) is 14.5. The van der Waals surface area contributed by atoms with Crippen molar-refractivity contribution in [2.75, 3.05) is 0 Å². The van der Waals surface area contributed by atoms with Gasteiger partial charge in [-0.2, -0.15) is 0 Å². The summed E-state index contributed by atoms with van der Waals surface area (Å²) in [5.41, 5.74) is 0.947. The lowest BCUT2D eigenvalue weighted by Crippen LogP contribution is -2.45. The minimum Gasteiger partial charge on any atom is -0.337 e. The first-order chi connectivity index (χ1) is 11.4. The normalized spacial score (nSPS) is 11.7. The molecule has 0 bridgehead atoms. The third-order valence-electron chi connectivity index (χ3n) is 4.09. The van der Waals surface area contributed by atoms with E-state index in [-0.39, 0.29) is 11.4 Å². The van der Waals surface area contributed by atoms with Crippen LogP contribution < -0.4 is 0 Å². The standard InChI is InChI=1S/C19H22N4O/c1-19(2,3)23(13-17-20-11-12-22(17)4)18(24)16-10-9-14-7-5-6-8-15(14)21-16/h5-12H,13H2,1-4H3. The second-order valence-electron chi connectivity index (χ2n) is 6.91. The van der Waals surface area contributed by atoms with Gasteiger partial charge in [0.2, 0.25) is 0 Å². The molecular formula is C19H22N4O. The molecule has 124 valence electrons. The first-order valence-electron chi connectivity index (χ1n) is 8.00. The Bertz CT molecular complexity index is 876. The third kappa shape index (κ3) is 3.15. The van der Waals surface area contributed by atoms with Gasteiger partial charge in [-0.3, -0.25) is 4.79 Å². The molecule has 3 aromatic rings. The maximum atomic E-state index is 13.1. The molecule has 5 heteroatoms. The quantitative estimate of drug-likeness (QED) is 0.742. The van der Waals surface area contributed by atoms with Crippen LogP contribution in [-0.2, 0) is 13.6 Å². The molecule has 24 heavy (non-hydrogen) atoms. The average molecular weight is 322 g/mol. The molecular weight excluding hydrogens is 300 g/mol. The minimum atomic E-state index is -0.337. The van der Waals surface area contributed by atoms with Crippen LogP contribution in [0.3, 0.4) is 0 Å². The molecule has 0 spiro atoms. The molecule has 0 unspecified atom stereocenters. The Hall–Kier alpha value is -2.69. The lowest BCUT2D eigenvalue weighted by atomic mass is 10.0. The minimum absolute atomic E-state index is 0.0868. The van der Waals surface area contributed by atoms with E-state index < -0.39 is 0 Å². The van der Waals surface area contributed by atoms with E-state index in [0.717, 1.165) is 16.7 Å². The van der Waals surface area contributed by atoms with Gasteiger partial charge in [-0.15, -0.1) is 0 Å². The summed E-state index contributed by atoms with van der Waals surface area (Å²) < 4.78 is 1.93. The van der Waals surface area contributed by atoms with Crippen LogP contribution in [-0.4, -0.2) is 30.9 Å². The van der Waals surface area contributed by atoms with Crippen molar-refractivity contribution in [2.45, 2.75) is 32.9 Å². The summed E-state index contributed by atoms with van der Waals surface area (Å²) in [5, 5.41) is 1.03. The fourth-order valence-corrected chi connectivity index (χ4v) is 2.63. The number of amides is 1. The van der Waals surface area contributed by atoms with Crippen molar-refractivity contribution >= 4 is 16.8 Å². The van der Waals surface area contributed by atoms with Crippen molar-refractivity contribution < 1.29 is 4.79 Å². The lowest BCUT2D eigenvalue weighted by molar-refractivity contribution is 0.0543. The second-order valence-corrected chi connectivity index (χ2v) is 6.91. The second kappa shape index (κ2) is 6.07. The molecule has 0 saturated carbocycles. The van der Waals surface area contributed by atoms with Crippen molar-refractivity contribution in [1.29, 1.82) is 0 Å². The number of fused-ring (bicyclic) bond motifs is 1. The number of pyridine rings is 1. The zero-order chi connectivity index (χ0) is 17.3. The molecule has 2 aromatic heterocycles.